The van der Waals surface area contributed by atoms with Crippen molar-refractivity contribution in [3.63, 3.8) is 0 Å². The first-order valence-electron chi connectivity index (χ1n) is 8.05. The Balaban J connectivity index is 1.71. The molecule has 2 aliphatic rings. The summed E-state index contributed by atoms with van der Waals surface area (Å²) < 4.78 is 1.97. The molecule has 3 nitrogen and oxygen atoms in total. The van der Waals surface area contributed by atoms with Crippen molar-refractivity contribution in [3.8, 4) is 5.69 Å². The Hall–Kier alpha value is -1.26. The zero-order valence-corrected chi connectivity index (χ0v) is 13.9. The molecule has 0 saturated carbocycles. The van der Waals surface area contributed by atoms with Crippen LogP contribution in [0.25, 0.3) is 5.69 Å². The number of fused-ring (bicyclic) bond motifs is 2. The van der Waals surface area contributed by atoms with Gasteiger partial charge in [0.25, 0.3) is 0 Å². The number of aromatic nitrogens is 2. The summed E-state index contributed by atoms with van der Waals surface area (Å²) in [5.74, 6) is 0. The summed E-state index contributed by atoms with van der Waals surface area (Å²) in [6, 6.07) is 10.4. The summed E-state index contributed by atoms with van der Waals surface area (Å²) in [5, 5.41) is 17.0. The highest BCUT2D eigenvalue weighted by atomic mass is 32.2. The van der Waals surface area contributed by atoms with Crippen molar-refractivity contribution < 1.29 is 5.11 Å². The molecule has 2 fully saturated rings. The van der Waals surface area contributed by atoms with Crippen LogP contribution in [0.4, 0.5) is 0 Å². The molecule has 4 heteroatoms. The van der Waals surface area contributed by atoms with Crippen LogP contribution in [-0.4, -0.2) is 25.4 Å². The lowest BCUT2D eigenvalue weighted by molar-refractivity contribution is 0.0196. The highest BCUT2D eigenvalue weighted by molar-refractivity contribution is 8.00. The number of benzene rings is 1. The third kappa shape index (κ3) is 2.38. The summed E-state index contributed by atoms with van der Waals surface area (Å²) in [5.41, 5.74) is 3.58. The first-order chi connectivity index (χ1) is 10.5. The van der Waals surface area contributed by atoms with Crippen LogP contribution in [0, 0.1) is 13.8 Å². The van der Waals surface area contributed by atoms with Gasteiger partial charge in [0.15, 0.2) is 0 Å². The van der Waals surface area contributed by atoms with Gasteiger partial charge in [-0.2, -0.15) is 16.9 Å². The maximum atomic E-state index is 11.2. The molecule has 0 spiro atoms. The number of nitrogens with zero attached hydrogens (tertiary/aromatic N) is 2. The summed E-state index contributed by atoms with van der Waals surface area (Å²) >= 11 is 2.08. The number of hydrogen-bond acceptors (Lipinski definition) is 3. The SMILES string of the molecule is Cc1cc(C)n(-c2cccc(C3(O)CC4CCC(C3)S4)c2)n1. The maximum absolute atomic E-state index is 11.2. The minimum atomic E-state index is -0.663. The van der Waals surface area contributed by atoms with Crippen molar-refractivity contribution in [1.82, 2.24) is 9.78 Å². The molecule has 2 unspecified atom stereocenters. The molecule has 1 N–H and O–H groups in total. The average molecular weight is 314 g/mol. The van der Waals surface area contributed by atoms with Gasteiger partial charge in [0, 0.05) is 16.2 Å². The van der Waals surface area contributed by atoms with Crippen LogP contribution in [-0.2, 0) is 5.60 Å². The van der Waals surface area contributed by atoms with E-state index >= 15 is 0 Å². The van der Waals surface area contributed by atoms with Crippen LogP contribution in [0.15, 0.2) is 30.3 Å². The van der Waals surface area contributed by atoms with E-state index in [1.165, 1.54) is 12.8 Å². The monoisotopic (exact) mass is 314 g/mol. The minimum absolute atomic E-state index is 0.626. The van der Waals surface area contributed by atoms with Gasteiger partial charge in [-0.05, 0) is 63.3 Å². The zero-order valence-electron chi connectivity index (χ0n) is 13.1. The molecule has 0 radical (unpaired) electrons. The van der Waals surface area contributed by atoms with Crippen molar-refractivity contribution in [2.45, 2.75) is 55.6 Å². The standard InChI is InChI=1S/C18H22N2OS/c1-12-8-13(2)20(19-12)15-5-3-4-14(9-15)18(21)10-16-6-7-17(11-18)22-16/h3-5,8-9,16-17,21H,6-7,10-11H2,1-2H3. The normalized spacial score (nSPS) is 30.7. The Bertz CT molecular complexity index is 697. The third-order valence-corrected chi connectivity index (χ3v) is 6.54. The molecule has 116 valence electrons. The van der Waals surface area contributed by atoms with Crippen LogP contribution in [0.2, 0.25) is 0 Å². The Kier molecular flexibility index (Phi) is 3.35. The third-order valence-electron chi connectivity index (χ3n) is 4.96. The first kappa shape index (κ1) is 14.3. The minimum Gasteiger partial charge on any atom is -0.385 e. The Morgan fingerprint density at radius 1 is 1.18 bits per heavy atom. The van der Waals surface area contributed by atoms with Crippen LogP contribution in [0.5, 0.6) is 0 Å². The van der Waals surface area contributed by atoms with Crippen LogP contribution >= 0.6 is 11.8 Å². The second kappa shape index (κ2) is 5.14. The molecule has 2 bridgehead atoms. The zero-order chi connectivity index (χ0) is 15.3. The molecule has 2 aliphatic heterocycles. The van der Waals surface area contributed by atoms with Gasteiger partial charge < -0.3 is 5.11 Å². The fraction of sp³-hybridized carbons (Fsp3) is 0.500. The van der Waals surface area contributed by atoms with Crippen LogP contribution in [0.3, 0.4) is 0 Å². The quantitative estimate of drug-likeness (QED) is 0.918. The van der Waals surface area contributed by atoms with E-state index in [4.69, 9.17) is 0 Å². The Morgan fingerprint density at radius 2 is 1.91 bits per heavy atom. The number of hydrogen-bond donors (Lipinski definition) is 1. The van der Waals surface area contributed by atoms with Crippen LogP contribution in [0.1, 0.15) is 42.6 Å². The van der Waals surface area contributed by atoms with Gasteiger partial charge in [0.05, 0.1) is 17.0 Å². The number of rotatable bonds is 2. The average Bonchev–Trinajstić information content (AvgIpc) is 3.01. The summed E-state index contributed by atoms with van der Waals surface area (Å²) in [4.78, 5) is 0. The lowest BCUT2D eigenvalue weighted by Crippen LogP contribution is -2.34. The molecule has 3 heterocycles. The molecule has 1 aromatic heterocycles. The lowest BCUT2D eigenvalue weighted by atomic mass is 9.85. The van der Waals surface area contributed by atoms with Gasteiger partial charge >= 0.3 is 0 Å². The fourth-order valence-corrected chi connectivity index (χ4v) is 5.80. The number of aryl methyl sites for hydroxylation is 2. The molecular weight excluding hydrogens is 292 g/mol. The van der Waals surface area contributed by atoms with Gasteiger partial charge in [-0.15, -0.1) is 0 Å². The fourth-order valence-electron chi connectivity index (χ4n) is 3.97. The van der Waals surface area contributed by atoms with E-state index in [1.807, 2.05) is 17.7 Å². The van der Waals surface area contributed by atoms with E-state index in [-0.39, 0.29) is 0 Å². The molecule has 0 aliphatic carbocycles. The molecular formula is C18H22N2OS. The van der Waals surface area contributed by atoms with Gasteiger partial charge in [0.1, 0.15) is 0 Å². The van der Waals surface area contributed by atoms with Gasteiger partial charge in [-0.25, -0.2) is 4.68 Å². The molecule has 2 atom stereocenters. The van der Waals surface area contributed by atoms with E-state index in [1.54, 1.807) is 0 Å². The van der Waals surface area contributed by atoms with Crippen molar-refractivity contribution in [2.75, 3.05) is 0 Å². The first-order valence-corrected chi connectivity index (χ1v) is 9.00. The largest absolute Gasteiger partial charge is 0.385 e. The second-order valence-electron chi connectivity index (χ2n) is 6.79. The smallest absolute Gasteiger partial charge is 0.0918 e. The molecule has 4 rings (SSSR count). The number of thioether (sulfide) groups is 1. The molecule has 0 amide bonds. The summed E-state index contributed by atoms with van der Waals surface area (Å²) in [6.45, 7) is 4.08. The maximum Gasteiger partial charge on any atom is 0.0918 e. The van der Waals surface area contributed by atoms with Crippen molar-refractivity contribution >= 4 is 11.8 Å². The predicted molar refractivity (Wildman–Crippen MR) is 90.6 cm³/mol. The molecule has 1 aromatic carbocycles. The predicted octanol–water partition coefficient (Wildman–Crippen LogP) is 3.73. The van der Waals surface area contributed by atoms with E-state index in [2.05, 4.69) is 48.0 Å². The molecule has 22 heavy (non-hydrogen) atoms. The second-order valence-corrected chi connectivity index (χ2v) is 8.39. The van der Waals surface area contributed by atoms with Gasteiger partial charge in [-0.1, -0.05) is 12.1 Å². The van der Waals surface area contributed by atoms with Crippen molar-refractivity contribution in [2.24, 2.45) is 0 Å². The number of aliphatic hydroxyl groups is 1. The van der Waals surface area contributed by atoms with E-state index in [9.17, 15) is 5.11 Å². The van der Waals surface area contributed by atoms with E-state index in [0.717, 1.165) is 35.5 Å². The van der Waals surface area contributed by atoms with Crippen LogP contribution < -0.4 is 0 Å². The summed E-state index contributed by atoms with van der Waals surface area (Å²) in [7, 11) is 0. The lowest BCUT2D eigenvalue weighted by Gasteiger charge is -2.36. The highest BCUT2D eigenvalue weighted by Crippen LogP contribution is 2.51. The van der Waals surface area contributed by atoms with Crippen molar-refractivity contribution in [3.05, 3.63) is 47.3 Å². The highest BCUT2D eigenvalue weighted by Gasteiger charge is 2.44. The Morgan fingerprint density at radius 3 is 2.55 bits per heavy atom. The Labute approximate surface area is 135 Å². The van der Waals surface area contributed by atoms with Gasteiger partial charge in [-0.3, -0.25) is 0 Å². The summed E-state index contributed by atoms with van der Waals surface area (Å²) in [6.07, 6.45) is 4.28. The molecule has 2 aromatic rings. The van der Waals surface area contributed by atoms with Gasteiger partial charge in [0.2, 0.25) is 0 Å². The van der Waals surface area contributed by atoms with Crippen molar-refractivity contribution in [1.29, 1.82) is 0 Å². The van der Waals surface area contributed by atoms with E-state index in [0.29, 0.717) is 10.5 Å². The molecule has 2 saturated heterocycles. The van der Waals surface area contributed by atoms with E-state index < -0.39 is 5.60 Å². The topological polar surface area (TPSA) is 38.0 Å².